The Morgan fingerprint density at radius 2 is 1.73 bits per heavy atom. The van der Waals surface area contributed by atoms with Crippen molar-refractivity contribution in [3.05, 3.63) is 77.4 Å². The first-order valence-corrected chi connectivity index (χ1v) is 9.85. The minimum atomic E-state index is -2.60. The molecule has 0 atom stereocenters. The molecule has 3 heterocycles. The third-order valence-corrected chi connectivity index (χ3v) is 5.49. The second-order valence-electron chi connectivity index (χ2n) is 7.75. The van der Waals surface area contributed by atoms with Crippen molar-refractivity contribution in [3.8, 4) is 5.69 Å². The highest BCUT2D eigenvalue weighted by molar-refractivity contribution is 5.80. The van der Waals surface area contributed by atoms with Crippen LogP contribution in [-0.4, -0.2) is 28.6 Å². The highest BCUT2D eigenvalue weighted by Gasteiger charge is 2.43. The molecule has 0 saturated carbocycles. The van der Waals surface area contributed by atoms with E-state index < -0.39 is 5.92 Å². The van der Waals surface area contributed by atoms with Gasteiger partial charge in [0, 0.05) is 28.8 Å². The minimum Gasteiger partial charge on any atom is -0.437 e. The van der Waals surface area contributed by atoms with Crippen LogP contribution in [-0.2, 0) is 0 Å². The van der Waals surface area contributed by atoms with E-state index in [2.05, 4.69) is 41.6 Å². The third kappa shape index (κ3) is 3.28. The van der Waals surface area contributed by atoms with Crippen LogP contribution in [0.1, 0.15) is 22.8 Å². The molecule has 6 heteroatoms. The summed E-state index contributed by atoms with van der Waals surface area (Å²) in [5.74, 6) is -2.11. The van der Waals surface area contributed by atoms with Gasteiger partial charge in [0.1, 0.15) is 5.52 Å². The molecule has 152 valence electrons. The Morgan fingerprint density at radius 1 is 0.967 bits per heavy atom. The summed E-state index contributed by atoms with van der Waals surface area (Å²) in [5, 5.41) is 0. The fourth-order valence-electron chi connectivity index (χ4n) is 3.99. The lowest BCUT2D eigenvalue weighted by Crippen LogP contribution is -2.56. The van der Waals surface area contributed by atoms with E-state index in [9.17, 15) is 8.78 Å². The Balaban J connectivity index is 1.41. The van der Waals surface area contributed by atoms with E-state index in [4.69, 9.17) is 4.42 Å². The Labute approximate surface area is 173 Å². The lowest BCUT2D eigenvalue weighted by atomic mass is 10.1. The first-order chi connectivity index (χ1) is 14.4. The summed E-state index contributed by atoms with van der Waals surface area (Å²) in [6.45, 7) is 3.67. The molecular formula is C24H21F2N3O. The SMILES string of the molecule is Cc1cc(/C=C/c2nc3cc(N4CC(F)(F)C4)ccc3o2)c(C)n1-c1ccccc1. The fraction of sp³-hybridized carbons (Fsp3) is 0.208. The van der Waals surface area contributed by atoms with Gasteiger partial charge in [-0.1, -0.05) is 18.2 Å². The molecule has 0 spiro atoms. The zero-order chi connectivity index (χ0) is 20.9. The molecule has 2 aromatic heterocycles. The molecule has 2 aromatic carbocycles. The second-order valence-corrected chi connectivity index (χ2v) is 7.75. The zero-order valence-electron chi connectivity index (χ0n) is 16.8. The summed E-state index contributed by atoms with van der Waals surface area (Å²) in [5.41, 5.74) is 6.53. The molecule has 1 aliphatic heterocycles. The molecule has 1 saturated heterocycles. The number of halogens is 2. The predicted octanol–water partition coefficient (Wildman–Crippen LogP) is 5.86. The predicted molar refractivity (Wildman–Crippen MR) is 115 cm³/mol. The first-order valence-electron chi connectivity index (χ1n) is 9.85. The number of fused-ring (bicyclic) bond motifs is 1. The van der Waals surface area contributed by atoms with Crippen molar-refractivity contribution < 1.29 is 13.2 Å². The van der Waals surface area contributed by atoms with E-state index in [-0.39, 0.29) is 13.1 Å². The number of anilines is 1. The van der Waals surface area contributed by atoms with Crippen LogP contribution in [0.3, 0.4) is 0 Å². The Morgan fingerprint density at radius 3 is 2.47 bits per heavy atom. The van der Waals surface area contributed by atoms with Crippen LogP contribution in [0.15, 0.2) is 59.0 Å². The van der Waals surface area contributed by atoms with Gasteiger partial charge in [-0.15, -0.1) is 0 Å². The maximum Gasteiger partial charge on any atom is 0.282 e. The van der Waals surface area contributed by atoms with Gasteiger partial charge in [-0.25, -0.2) is 13.8 Å². The van der Waals surface area contributed by atoms with Gasteiger partial charge in [-0.05, 0) is 61.9 Å². The molecule has 5 rings (SSSR count). The number of hydrogen-bond acceptors (Lipinski definition) is 3. The minimum absolute atomic E-state index is 0.250. The number of alkyl halides is 2. The smallest absolute Gasteiger partial charge is 0.282 e. The number of nitrogens with zero attached hydrogens (tertiary/aromatic N) is 3. The molecule has 0 radical (unpaired) electrons. The largest absolute Gasteiger partial charge is 0.437 e. The first kappa shape index (κ1) is 18.6. The quantitative estimate of drug-likeness (QED) is 0.426. The van der Waals surface area contributed by atoms with Crippen LogP contribution in [0, 0.1) is 13.8 Å². The normalized spacial score (nSPS) is 15.8. The molecule has 4 nitrogen and oxygen atoms in total. The molecule has 0 bridgehead atoms. The van der Waals surface area contributed by atoms with Crippen molar-refractivity contribution in [2.24, 2.45) is 0 Å². The molecule has 0 N–H and O–H groups in total. The van der Waals surface area contributed by atoms with Crippen LogP contribution in [0.25, 0.3) is 28.9 Å². The molecule has 1 fully saturated rings. The highest BCUT2D eigenvalue weighted by Crippen LogP contribution is 2.33. The number of aryl methyl sites for hydroxylation is 1. The molecule has 0 aliphatic carbocycles. The van der Waals surface area contributed by atoms with E-state index in [0.717, 1.165) is 28.3 Å². The molecule has 4 aromatic rings. The lowest BCUT2D eigenvalue weighted by molar-refractivity contribution is -0.0262. The van der Waals surface area contributed by atoms with Crippen LogP contribution >= 0.6 is 0 Å². The van der Waals surface area contributed by atoms with Crippen LogP contribution in [0.4, 0.5) is 14.5 Å². The topological polar surface area (TPSA) is 34.2 Å². The number of rotatable bonds is 4. The van der Waals surface area contributed by atoms with Gasteiger partial charge in [0.15, 0.2) is 5.58 Å². The second kappa shape index (κ2) is 6.83. The fourth-order valence-corrected chi connectivity index (χ4v) is 3.99. The van der Waals surface area contributed by atoms with Crippen molar-refractivity contribution in [1.82, 2.24) is 9.55 Å². The van der Waals surface area contributed by atoms with Crippen molar-refractivity contribution in [1.29, 1.82) is 0 Å². The van der Waals surface area contributed by atoms with Crippen LogP contribution in [0.5, 0.6) is 0 Å². The Kier molecular flexibility index (Phi) is 4.24. The van der Waals surface area contributed by atoms with Crippen LogP contribution < -0.4 is 4.90 Å². The van der Waals surface area contributed by atoms with Crippen molar-refractivity contribution in [2.75, 3.05) is 18.0 Å². The monoisotopic (exact) mass is 405 g/mol. The van der Waals surface area contributed by atoms with E-state index >= 15 is 0 Å². The van der Waals surface area contributed by atoms with Crippen molar-refractivity contribution in [2.45, 2.75) is 19.8 Å². The van der Waals surface area contributed by atoms with Gasteiger partial charge in [0.05, 0.1) is 13.1 Å². The Bertz CT molecular complexity index is 1250. The number of oxazole rings is 1. The van der Waals surface area contributed by atoms with E-state index in [0.29, 0.717) is 17.0 Å². The lowest BCUT2D eigenvalue weighted by Gasteiger charge is -2.40. The van der Waals surface area contributed by atoms with E-state index in [1.807, 2.05) is 30.4 Å². The van der Waals surface area contributed by atoms with Gasteiger partial charge in [0.25, 0.3) is 5.92 Å². The number of aromatic nitrogens is 2. The Hall–Kier alpha value is -3.41. The number of para-hydroxylation sites is 1. The van der Waals surface area contributed by atoms with E-state index in [1.165, 1.54) is 0 Å². The van der Waals surface area contributed by atoms with E-state index in [1.54, 1.807) is 23.1 Å². The molecular weight excluding hydrogens is 384 g/mol. The van der Waals surface area contributed by atoms with Crippen molar-refractivity contribution in [3.63, 3.8) is 0 Å². The summed E-state index contributed by atoms with van der Waals surface area (Å²) < 4.78 is 34.3. The van der Waals surface area contributed by atoms with Gasteiger partial charge < -0.3 is 13.9 Å². The molecule has 1 aliphatic rings. The van der Waals surface area contributed by atoms with Crippen LogP contribution in [0.2, 0.25) is 0 Å². The molecule has 0 amide bonds. The average Bonchev–Trinajstić information content (AvgIpc) is 3.24. The standard InChI is InChI=1S/C24H21F2N3O/c1-16-12-18(17(2)29(16)19-6-4-3-5-7-19)8-11-23-27-21-13-20(9-10-22(21)30-23)28-14-24(25,26)15-28/h3-13H,14-15H2,1-2H3/b11-8+. The summed E-state index contributed by atoms with van der Waals surface area (Å²) in [6, 6.07) is 17.7. The highest BCUT2D eigenvalue weighted by atomic mass is 19.3. The maximum atomic E-state index is 13.1. The zero-order valence-corrected chi connectivity index (χ0v) is 16.8. The number of benzene rings is 2. The van der Waals surface area contributed by atoms with Gasteiger partial charge >= 0.3 is 0 Å². The molecule has 30 heavy (non-hydrogen) atoms. The summed E-state index contributed by atoms with van der Waals surface area (Å²) in [7, 11) is 0. The molecule has 0 unspecified atom stereocenters. The number of hydrogen-bond donors (Lipinski definition) is 0. The van der Waals surface area contributed by atoms with Gasteiger partial charge in [-0.2, -0.15) is 0 Å². The van der Waals surface area contributed by atoms with Gasteiger partial charge in [0.2, 0.25) is 5.89 Å². The maximum absolute atomic E-state index is 13.1. The average molecular weight is 405 g/mol. The van der Waals surface area contributed by atoms with Gasteiger partial charge in [-0.3, -0.25) is 0 Å². The third-order valence-electron chi connectivity index (χ3n) is 5.49. The summed E-state index contributed by atoms with van der Waals surface area (Å²) >= 11 is 0. The summed E-state index contributed by atoms with van der Waals surface area (Å²) in [6.07, 6.45) is 3.83. The summed E-state index contributed by atoms with van der Waals surface area (Å²) in [4.78, 5) is 6.15. The van der Waals surface area contributed by atoms with Crippen molar-refractivity contribution >= 4 is 28.9 Å².